The molecule has 1 aliphatic rings. The number of anilines is 2. The molecule has 0 aromatic heterocycles. The molecule has 1 saturated carbocycles. The van der Waals surface area contributed by atoms with Crippen molar-refractivity contribution in [1.29, 1.82) is 0 Å². The van der Waals surface area contributed by atoms with Crippen LogP contribution in [-0.2, 0) is 9.59 Å². The first-order valence-electron chi connectivity index (χ1n) is 8.29. The Morgan fingerprint density at radius 2 is 1.60 bits per heavy atom. The summed E-state index contributed by atoms with van der Waals surface area (Å²) in [6.07, 6.45) is 1.12. The van der Waals surface area contributed by atoms with Gasteiger partial charge in [0.1, 0.15) is 11.2 Å². The van der Waals surface area contributed by atoms with Crippen LogP contribution in [0.1, 0.15) is 24.0 Å². The van der Waals surface area contributed by atoms with Gasteiger partial charge in [0, 0.05) is 11.4 Å². The molecule has 0 spiro atoms. The van der Waals surface area contributed by atoms with Crippen LogP contribution < -0.4 is 15.4 Å². The van der Waals surface area contributed by atoms with Gasteiger partial charge >= 0.3 is 0 Å². The molecule has 0 unspecified atom stereocenters. The van der Waals surface area contributed by atoms with E-state index < -0.39 is 5.41 Å². The highest BCUT2D eigenvalue weighted by Gasteiger charge is 2.56. The molecule has 1 fully saturated rings. The zero-order chi connectivity index (χ0) is 18.0. The van der Waals surface area contributed by atoms with E-state index in [1.165, 1.54) is 0 Å². The van der Waals surface area contributed by atoms with Crippen molar-refractivity contribution in [2.45, 2.75) is 26.7 Å². The van der Waals surface area contributed by atoms with E-state index in [-0.39, 0.29) is 11.8 Å². The van der Waals surface area contributed by atoms with Gasteiger partial charge in [0.2, 0.25) is 11.8 Å². The van der Waals surface area contributed by atoms with Crippen molar-refractivity contribution in [3.8, 4) is 5.75 Å². The molecule has 2 aromatic rings. The highest BCUT2D eigenvalue weighted by atomic mass is 16.5. The molecular weight excluding hydrogens is 316 g/mol. The van der Waals surface area contributed by atoms with Crippen LogP contribution in [0.2, 0.25) is 0 Å². The lowest BCUT2D eigenvalue weighted by Gasteiger charge is -2.17. The van der Waals surface area contributed by atoms with Gasteiger partial charge in [-0.3, -0.25) is 9.59 Å². The number of hydrogen-bond donors (Lipinski definition) is 2. The third-order valence-corrected chi connectivity index (χ3v) is 4.82. The Labute approximate surface area is 147 Å². The summed E-state index contributed by atoms with van der Waals surface area (Å²) in [6, 6.07) is 12.8. The number of nitrogens with one attached hydrogen (secondary N) is 2. The summed E-state index contributed by atoms with van der Waals surface area (Å²) >= 11 is 0. The van der Waals surface area contributed by atoms with E-state index in [0.717, 1.165) is 16.8 Å². The molecule has 0 aliphatic heterocycles. The Kier molecular flexibility index (Phi) is 4.49. The first-order chi connectivity index (χ1) is 12.0. The number of ether oxygens (including phenoxy) is 1. The number of carbonyl (C=O) groups is 2. The topological polar surface area (TPSA) is 67.4 Å². The molecule has 0 saturated heterocycles. The third kappa shape index (κ3) is 3.36. The molecule has 2 aromatic carbocycles. The van der Waals surface area contributed by atoms with Crippen LogP contribution >= 0.6 is 0 Å². The number of methoxy groups -OCH3 is 1. The summed E-state index contributed by atoms with van der Waals surface area (Å²) in [5.74, 6) is 0.208. The lowest BCUT2D eigenvalue weighted by Crippen LogP contribution is -2.35. The van der Waals surface area contributed by atoms with Gasteiger partial charge in [-0.25, -0.2) is 0 Å². The van der Waals surface area contributed by atoms with E-state index in [9.17, 15) is 9.59 Å². The number of amides is 2. The van der Waals surface area contributed by atoms with Gasteiger partial charge < -0.3 is 15.4 Å². The number of hydrogen-bond acceptors (Lipinski definition) is 3. The zero-order valence-electron chi connectivity index (χ0n) is 14.7. The second kappa shape index (κ2) is 6.59. The van der Waals surface area contributed by atoms with Crippen molar-refractivity contribution in [2.75, 3.05) is 17.7 Å². The maximum absolute atomic E-state index is 12.7. The Balaban J connectivity index is 1.71. The second-order valence-electron chi connectivity index (χ2n) is 6.47. The fourth-order valence-corrected chi connectivity index (χ4v) is 2.74. The minimum atomic E-state index is -0.976. The van der Waals surface area contributed by atoms with Crippen LogP contribution in [0.5, 0.6) is 5.75 Å². The first-order valence-corrected chi connectivity index (χ1v) is 8.29. The summed E-state index contributed by atoms with van der Waals surface area (Å²) < 4.78 is 5.10. The maximum atomic E-state index is 12.7. The van der Waals surface area contributed by atoms with Crippen LogP contribution in [0.25, 0.3) is 0 Å². The fraction of sp³-hybridized carbons (Fsp3) is 0.300. The SMILES string of the molecule is COc1ccc(NC(=O)C2(C(=O)Nc3cccc(C)c3C)CC2)cc1. The van der Waals surface area contributed by atoms with E-state index in [1.54, 1.807) is 31.4 Å². The van der Waals surface area contributed by atoms with Crippen molar-refractivity contribution in [2.24, 2.45) is 5.41 Å². The Morgan fingerprint density at radius 1 is 0.960 bits per heavy atom. The summed E-state index contributed by atoms with van der Waals surface area (Å²) in [5.41, 5.74) is 2.55. The molecule has 25 heavy (non-hydrogen) atoms. The third-order valence-electron chi connectivity index (χ3n) is 4.82. The largest absolute Gasteiger partial charge is 0.497 e. The average molecular weight is 338 g/mol. The number of benzene rings is 2. The Morgan fingerprint density at radius 3 is 2.20 bits per heavy atom. The predicted octanol–water partition coefficient (Wildman–Crippen LogP) is 3.67. The highest BCUT2D eigenvalue weighted by Crippen LogP contribution is 2.47. The van der Waals surface area contributed by atoms with Gasteiger partial charge in [-0.2, -0.15) is 0 Å². The second-order valence-corrected chi connectivity index (χ2v) is 6.47. The van der Waals surface area contributed by atoms with Gasteiger partial charge in [0.15, 0.2) is 0 Å². The zero-order valence-corrected chi connectivity index (χ0v) is 14.7. The minimum Gasteiger partial charge on any atom is -0.497 e. The Hall–Kier alpha value is -2.82. The molecule has 0 radical (unpaired) electrons. The summed E-state index contributed by atoms with van der Waals surface area (Å²) in [6.45, 7) is 3.95. The molecule has 1 aliphatic carbocycles. The normalized spacial score (nSPS) is 14.5. The van der Waals surface area contributed by atoms with Crippen molar-refractivity contribution in [3.63, 3.8) is 0 Å². The van der Waals surface area contributed by atoms with E-state index in [1.807, 2.05) is 32.0 Å². The van der Waals surface area contributed by atoms with Crippen molar-refractivity contribution in [3.05, 3.63) is 53.6 Å². The highest BCUT2D eigenvalue weighted by molar-refractivity contribution is 6.17. The van der Waals surface area contributed by atoms with Gasteiger partial charge in [-0.15, -0.1) is 0 Å². The fourth-order valence-electron chi connectivity index (χ4n) is 2.74. The predicted molar refractivity (Wildman–Crippen MR) is 97.8 cm³/mol. The molecular formula is C20H22N2O3. The lowest BCUT2D eigenvalue weighted by molar-refractivity contribution is -0.131. The van der Waals surface area contributed by atoms with E-state index in [0.29, 0.717) is 24.3 Å². The molecule has 0 atom stereocenters. The number of aryl methyl sites for hydroxylation is 1. The molecule has 130 valence electrons. The summed E-state index contributed by atoms with van der Waals surface area (Å²) in [4.78, 5) is 25.3. The van der Waals surface area contributed by atoms with Gasteiger partial charge in [0.25, 0.3) is 0 Å². The quantitative estimate of drug-likeness (QED) is 0.818. The van der Waals surface area contributed by atoms with E-state index in [2.05, 4.69) is 10.6 Å². The lowest BCUT2D eigenvalue weighted by atomic mass is 10.0. The standard InChI is InChI=1S/C20H22N2O3/c1-13-5-4-6-17(14(13)2)22-19(24)20(11-12-20)18(23)21-15-7-9-16(25-3)10-8-15/h4-10H,11-12H2,1-3H3,(H,21,23)(H,22,24). The van der Waals surface area contributed by atoms with Crippen molar-refractivity contribution >= 4 is 23.2 Å². The van der Waals surface area contributed by atoms with Crippen LogP contribution in [0, 0.1) is 19.3 Å². The first kappa shape index (κ1) is 17.0. The molecule has 0 bridgehead atoms. The van der Waals surface area contributed by atoms with Crippen LogP contribution in [-0.4, -0.2) is 18.9 Å². The van der Waals surface area contributed by atoms with Gasteiger partial charge in [-0.1, -0.05) is 12.1 Å². The summed E-state index contributed by atoms with van der Waals surface area (Å²) in [7, 11) is 1.59. The van der Waals surface area contributed by atoms with E-state index >= 15 is 0 Å². The summed E-state index contributed by atoms with van der Waals surface area (Å²) in [5, 5.41) is 5.75. The van der Waals surface area contributed by atoms with Gasteiger partial charge in [0.05, 0.1) is 7.11 Å². The molecule has 0 heterocycles. The number of rotatable bonds is 5. The van der Waals surface area contributed by atoms with Crippen molar-refractivity contribution < 1.29 is 14.3 Å². The van der Waals surface area contributed by atoms with Crippen LogP contribution in [0.15, 0.2) is 42.5 Å². The molecule has 3 rings (SSSR count). The van der Waals surface area contributed by atoms with Crippen LogP contribution in [0.3, 0.4) is 0 Å². The average Bonchev–Trinajstić information content (AvgIpc) is 3.41. The minimum absolute atomic E-state index is 0.243. The van der Waals surface area contributed by atoms with E-state index in [4.69, 9.17) is 4.74 Å². The molecule has 5 nitrogen and oxygen atoms in total. The maximum Gasteiger partial charge on any atom is 0.240 e. The molecule has 5 heteroatoms. The molecule has 2 amide bonds. The Bertz CT molecular complexity index is 808. The monoisotopic (exact) mass is 338 g/mol. The smallest absolute Gasteiger partial charge is 0.240 e. The van der Waals surface area contributed by atoms with Gasteiger partial charge in [-0.05, 0) is 68.1 Å². The van der Waals surface area contributed by atoms with Crippen LogP contribution in [0.4, 0.5) is 11.4 Å². The molecule has 2 N–H and O–H groups in total. The number of carbonyl (C=O) groups excluding carboxylic acids is 2. The van der Waals surface area contributed by atoms with Crippen molar-refractivity contribution in [1.82, 2.24) is 0 Å².